The van der Waals surface area contributed by atoms with Gasteiger partial charge in [0.15, 0.2) is 0 Å². The second-order valence-electron chi connectivity index (χ2n) is 6.88. The Morgan fingerprint density at radius 3 is 2.00 bits per heavy atom. The largest absolute Gasteiger partial charge is 0.381 e. The highest BCUT2D eigenvalue weighted by Crippen LogP contribution is 2.49. The highest BCUT2D eigenvalue weighted by Gasteiger charge is 2.50. The van der Waals surface area contributed by atoms with Gasteiger partial charge in [-0.05, 0) is 51.7 Å². The number of hydrogen-bond donors (Lipinski definition) is 0. The van der Waals surface area contributed by atoms with Crippen molar-refractivity contribution in [3.05, 3.63) is 35.4 Å². The number of benzene rings is 1. The maximum absolute atomic E-state index is 6.42. The minimum atomic E-state index is -0.0988. The first-order valence-electron chi connectivity index (χ1n) is 7.59. The van der Waals surface area contributed by atoms with Crippen LogP contribution in [0.2, 0.25) is 0 Å². The van der Waals surface area contributed by atoms with Gasteiger partial charge in [0, 0.05) is 13.2 Å². The van der Waals surface area contributed by atoms with E-state index in [0.717, 1.165) is 26.1 Å². The van der Waals surface area contributed by atoms with Gasteiger partial charge < -0.3 is 4.74 Å². The Bertz CT molecular complexity index is 455. The van der Waals surface area contributed by atoms with E-state index in [1.165, 1.54) is 11.1 Å². The van der Waals surface area contributed by atoms with E-state index in [9.17, 15) is 0 Å². The molecule has 110 valence electrons. The Hall–Kier alpha value is -0.900. The summed E-state index contributed by atoms with van der Waals surface area (Å²) < 4.78 is 5.43. The van der Waals surface area contributed by atoms with Crippen LogP contribution in [-0.2, 0) is 20.7 Å². The van der Waals surface area contributed by atoms with Crippen LogP contribution in [0.1, 0.15) is 51.7 Å². The average molecular weight is 275 g/mol. The van der Waals surface area contributed by atoms with E-state index in [1.807, 2.05) is 0 Å². The van der Waals surface area contributed by atoms with Crippen LogP contribution in [0, 0.1) is 0 Å². The zero-order chi connectivity index (χ0) is 14.4. The van der Waals surface area contributed by atoms with Gasteiger partial charge in [0.25, 0.3) is 0 Å². The first-order chi connectivity index (χ1) is 9.44. The fourth-order valence-corrected chi connectivity index (χ4v) is 3.66. The van der Waals surface area contributed by atoms with Gasteiger partial charge in [-0.25, -0.2) is 0 Å². The van der Waals surface area contributed by atoms with E-state index < -0.39 is 0 Å². The zero-order valence-electron chi connectivity index (χ0n) is 13.0. The normalized spacial score (nSPS) is 25.6. The molecule has 3 nitrogen and oxygen atoms in total. The molecule has 1 fully saturated rings. The van der Waals surface area contributed by atoms with Gasteiger partial charge in [0.1, 0.15) is 0 Å². The summed E-state index contributed by atoms with van der Waals surface area (Å²) in [6.07, 6.45) is 2.24. The molecule has 2 heterocycles. The van der Waals surface area contributed by atoms with Crippen molar-refractivity contribution in [2.45, 2.75) is 57.7 Å². The van der Waals surface area contributed by atoms with E-state index >= 15 is 0 Å². The molecule has 3 heteroatoms. The number of hydrogen-bond acceptors (Lipinski definition) is 3. The lowest BCUT2D eigenvalue weighted by atomic mass is 9.91. The van der Waals surface area contributed by atoms with E-state index in [2.05, 4.69) is 57.0 Å². The second-order valence-corrected chi connectivity index (χ2v) is 6.88. The summed E-state index contributed by atoms with van der Waals surface area (Å²) >= 11 is 0. The number of fused-ring (bicyclic) bond motifs is 1. The Morgan fingerprint density at radius 1 is 1.00 bits per heavy atom. The molecule has 0 aliphatic carbocycles. The minimum Gasteiger partial charge on any atom is -0.381 e. The number of rotatable bonds is 2. The predicted octanol–water partition coefficient (Wildman–Crippen LogP) is 3.58. The van der Waals surface area contributed by atoms with Crippen LogP contribution >= 0.6 is 0 Å². The van der Waals surface area contributed by atoms with Crippen molar-refractivity contribution in [1.82, 2.24) is 5.06 Å². The third kappa shape index (κ3) is 2.09. The number of ether oxygens (including phenoxy) is 1. The zero-order valence-corrected chi connectivity index (χ0v) is 13.0. The molecule has 0 aromatic heterocycles. The molecule has 1 aromatic rings. The monoisotopic (exact) mass is 275 g/mol. The lowest BCUT2D eigenvalue weighted by Gasteiger charge is -2.42. The van der Waals surface area contributed by atoms with Crippen LogP contribution in [0.5, 0.6) is 0 Å². The molecule has 0 unspecified atom stereocenters. The molecule has 0 spiro atoms. The molecule has 0 atom stereocenters. The average Bonchev–Trinajstić information content (AvgIpc) is 2.59. The number of hydroxylamine groups is 2. The highest BCUT2D eigenvalue weighted by atomic mass is 16.7. The van der Waals surface area contributed by atoms with Gasteiger partial charge in [-0.3, -0.25) is 4.84 Å². The lowest BCUT2D eigenvalue weighted by molar-refractivity contribution is -0.296. The quantitative estimate of drug-likeness (QED) is 0.823. The SMILES string of the molecule is CC1(C)c2ccccc2C(C)(C)N1OC1CCOCC1. The lowest BCUT2D eigenvalue weighted by Crippen LogP contribution is -2.48. The molecule has 0 radical (unpaired) electrons. The Kier molecular flexibility index (Phi) is 3.39. The summed E-state index contributed by atoms with van der Waals surface area (Å²) in [6.45, 7) is 10.6. The molecule has 3 rings (SSSR count). The van der Waals surface area contributed by atoms with Crippen LogP contribution in [-0.4, -0.2) is 24.4 Å². The van der Waals surface area contributed by atoms with Crippen molar-refractivity contribution in [2.75, 3.05) is 13.2 Å². The third-order valence-corrected chi connectivity index (χ3v) is 4.68. The maximum atomic E-state index is 6.42. The van der Waals surface area contributed by atoms with Gasteiger partial charge >= 0.3 is 0 Å². The topological polar surface area (TPSA) is 21.7 Å². The summed E-state index contributed by atoms with van der Waals surface area (Å²) in [4.78, 5) is 6.42. The molecular weight excluding hydrogens is 250 g/mol. The van der Waals surface area contributed by atoms with Crippen molar-refractivity contribution < 1.29 is 9.57 Å². The minimum absolute atomic E-state index is 0.0988. The molecule has 0 bridgehead atoms. The molecular formula is C17H25NO2. The Balaban J connectivity index is 1.91. The summed E-state index contributed by atoms with van der Waals surface area (Å²) in [6, 6.07) is 8.69. The first kappa shape index (κ1) is 14.1. The van der Waals surface area contributed by atoms with Crippen molar-refractivity contribution >= 4 is 0 Å². The van der Waals surface area contributed by atoms with E-state index in [0.29, 0.717) is 0 Å². The van der Waals surface area contributed by atoms with Gasteiger partial charge in [0.05, 0.1) is 17.2 Å². The van der Waals surface area contributed by atoms with Crippen LogP contribution in [0.25, 0.3) is 0 Å². The molecule has 1 aromatic carbocycles. The molecule has 20 heavy (non-hydrogen) atoms. The highest BCUT2D eigenvalue weighted by molar-refractivity contribution is 5.42. The molecule has 0 saturated carbocycles. The predicted molar refractivity (Wildman–Crippen MR) is 79.3 cm³/mol. The summed E-state index contributed by atoms with van der Waals surface area (Å²) in [5.41, 5.74) is 2.55. The van der Waals surface area contributed by atoms with Gasteiger partial charge in [-0.1, -0.05) is 24.3 Å². The van der Waals surface area contributed by atoms with Gasteiger partial charge in [0.2, 0.25) is 0 Å². The number of nitrogens with zero attached hydrogens (tertiary/aromatic N) is 1. The van der Waals surface area contributed by atoms with Crippen molar-refractivity contribution in [1.29, 1.82) is 0 Å². The Morgan fingerprint density at radius 2 is 1.50 bits per heavy atom. The van der Waals surface area contributed by atoms with Crippen LogP contribution in [0.4, 0.5) is 0 Å². The summed E-state index contributed by atoms with van der Waals surface area (Å²) in [7, 11) is 0. The molecule has 0 N–H and O–H groups in total. The van der Waals surface area contributed by atoms with E-state index in [-0.39, 0.29) is 17.2 Å². The fourth-order valence-electron chi connectivity index (χ4n) is 3.66. The van der Waals surface area contributed by atoms with Crippen LogP contribution in [0.3, 0.4) is 0 Å². The molecule has 2 aliphatic rings. The van der Waals surface area contributed by atoms with E-state index in [1.54, 1.807) is 0 Å². The summed E-state index contributed by atoms with van der Waals surface area (Å²) in [5.74, 6) is 0. The van der Waals surface area contributed by atoms with Crippen molar-refractivity contribution in [2.24, 2.45) is 0 Å². The van der Waals surface area contributed by atoms with E-state index in [4.69, 9.17) is 9.57 Å². The molecule has 0 amide bonds. The van der Waals surface area contributed by atoms with Crippen LogP contribution < -0.4 is 0 Å². The van der Waals surface area contributed by atoms with Crippen molar-refractivity contribution in [3.8, 4) is 0 Å². The molecule has 2 aliphatic heterocycles. The van der Waals surface area contributed by atoms with Crippen LogP contribution in [0.15, 0.2) is 24.3 Å². The van der Waals surface area contributed by atoms with Crippen molar-refractivity contribution in [3.63, 3.8) is 0 Å². The smallest absolute Gasteiger partial charge is 0.0837 e. The first-order valence-corrected chi connectivity index (χ1v) is 7.59. The fraction of sp³-hybridized carbons (Fsp3) is 0.647. The third-order valence-electron chi connectivity index (χ3n) is 4.68. The standard InChI is InChI=1S/C17H25NO2/c1-16(2)14-7-5-6-8-15(14)17(3,4)18(16)20-13-9-11-19-12-10-13/h5-8,13H,9-12H2,1-4H3. The second kappa shape index (κ2) is 4.83. The summed E-state index contributed by atoms with van der Waals surface area (Å²) in [5, 5.41) is 2.21. The Labute approximate surface area is 121 Å². The van der Waals surface area contributed by atoms with Gasteiger partial charge in [-0.15, -0.1) is 0 Å². The maximum Gasteiger partial charge on any atom is 0.0837 e. The van der Waals surface area contributed by atoms with Gasteiger partial charge in [-0.2, -0.15) is 5.06 Å². The molecule has 1 saturated heterocycles.